The number of piperidine rings is 1. The first-order valence-corrected chi connectivity index (χ1v) is 11.1. The van der Waals surface area contributed by atoms with Crippen LogP contribution in [0.25, 0.3) is 0 Å². The molecule has 2 amide bonds. The van der Waals surface area contributed by atoms with Crippen LogP contribution in [0.5, 0.6) is 0 Å². The van der Waals surface area contributed by atoms with Gasteiger partial charge in [-0.15, -0.1) is 0 Å². The van der Waals surface area contributed by atoms with Crippen molar-refractivity contribution in [2.45, 2.75) is 72.1 Å². The molecular formula is C24H36N2O2. The van der Waals surface area contributed by atoms with E-state index in [0.29, 0.717) is 17.7 Å². The lowest BCUT2D eigenvalue weighted by Crippen LogP contribution is -2.43. The van der Waals surface area contributed by atoms with E-state index in [1.807, 2.05) is 0 Å². The molecule has 4 heteroatoms. The number of carbonyl (C=O) groups excluding carboxylic acids is 2. The average molecular weight is 385 g/mol. The molecule has 154 valence electrons. The van der Waals surface area contributed by atoms with Crippen molar-refractivity contribution in [2.75, 3.05) is 18.4 Å². The quantitative estimate of drug-likeness (QED) is 0.783. The van der Waals surface area contributed by atoms with Gasteiger partial charge in [-0.2, -0.15) is 0 Å². The van der Waals surface area contributed by atoms with Gasteiger partial charge in [0.05, 0.1) is 0 Å². The van der Waals surface area contributed by atoms with Gasteiger partial charge in [0.25, 0.3) is 0 Å². The Morgan fingerprint density at radius 2 is 1.75 bits per heavy atom. The molecule has 3 rings (SSSR count). The molecule has 0 aromatic heterocycles. The van der Waals surface area contributed by atoms with Gasteiger partial charge in [0.1, 0.15) is 0 Å². The summed E-state index contributed by atoms with van der Waals surface area (Å²) in [6, 6.07) is 6.21. The van der Waals surface area contributed by atoms with Crippen molar-refractivity contribution in [3.63, 3.8) is 0 Å². The van der Waals surface area contributed by atoms with Crippen molar-refractivity contribution in [2.24, 2.45) is 17.8 Å². The molecule has 1 aromatic carbocycles. The number of anilines is 1. The van der Waals surface area contributed by atoms with Crippen LogP contribution in [0.15, 0.2) is 18.2 Å². The van der Waals surface area contributed by atoms with E-state index in [-0.39, 0.29) is 17.7 Å². The van der Waals surface area contributed by atoms with Crippen LogP contribution >= 0.6 is 0 Å². The summed E-state index contributed by atoms with van der Waals surface area (Å²) >= 11 is 0. The van der Waals surface area contributed by atoms with E-state index in [2.05, 4.69) is 56.1 Å². The Labute approximate surface area is 170 Å². The van der Waals surface area contributed by atoms with E-state index in [1.165, 1.54) is 12.0 Å². The molecule has 1 saturated heterocycles. The molecule has 2 aliphatic rings. The Bertz CT molecular complexity index is 705. The van der Waals surface area contributed by atoms with E-state index in [4.69, 9.17) is 0 Å². The second-order valence-corrected chi connectivity index (χ2v) is 9.26. The van der Waals surface area contributed by atoms with Crippen LogP contribution in [0.4, 0.5) is 5.69 Å². The van der Waals surface area contributed by atoms with Gasteiger partial charge in [0, 0.05) is 30.6 Å². The smallest absolute Gasteiger partial charge is 0.227 e. The molecule has 0 bridgehead atoms. The van der Waals surface area contributed by atoms with Crippen LogP contribution in [0.2, 0.25) is 0 Å². The van der Waals surface area contributed by atoms with Crippen molar-refractivity contribution in [1.82, 2.24) is 4.90 Å². The summed E-state index contributed by atoms with van der Waals surface area (Å²) in [6.07, 6.45) is 5.66. The highest BCUT2D eigenvalue weighted by Gasteiger charge is 2.33. The van der Waals surface area contributed by atoms with Crippen molar-refractivity contribution >= 4 is 17.5 Å². The standard InChI is InChI=1S/C24H36N2O2/c1-16(2)21-9-5-8-18(4)22(21)25-23(27)19-10-12-20(13-11-19)24(28)26-14-6-7-17(3)15-26/h5,8-9,16-17,19-20H,6-7,10-15H2,1-4H3,(H,25,27). The highest BCUT2D eigenvalue weighted by molar-refractivity contribution is 5.94. The van der Waals surface area contributed by atoms with Gasteiger partial charge in [-0.25, -0.2) is 0 Å². The van der Waals surface area contributed by atoms with E-state index in [0.717, 1.165) is 56.4 Å². The van der Waals surface area contributed by atoms with Crippen LogP contribution in [0, 0.1) is 24.7 Å². The van der Waals surface area contributed by atoms with Crippen LogP contribution in [0.3, 0.4) is 0 Å². The summed E-state index contributed by atoms with van der Waals surface area (Å²) in [6.45, 7) is 10.4. The number of aryl methyl sites for hydroxylation is 1. The summed E-state index contributed by atoms with van der Waals surface area (Å²) in [5.41, 5.74) is 3.28. The fraction of sp³-hybridized carbons (Fsp3) is 0.667. The van der Waals surface area contributed by atoms with Gasteiger partial charge in [0.15, 0.2) is 0 Å². The van der Waals surface area contributed by atoms with E-state index in [1.54, 1.807) is 0 Å². The predicted octanol–water partition coefficient (Wildman–Crippen LogP) is 5.12. The highest BCUT2D eigenvalue weighted by Crippen LogP contribution is 2.33. The second kappa shape index (κ2) is 9.11. The second-order valence-electron chi connectivity index (χ2n) is 9.26. The van der Waals surface area contributed by atoms with E-state index < -0.39 is 0 Å². The molecule has 1 heterocycles. The Hall–Kier alpha value is -1.84. The highest BCUT2D eigenvalue weighted by atomic mass is 16.2. The third-order valence-electron chi connectivity index (χ3n) is 6.59. The van der Waals surface area contributed by atoms with Gasteiger partial charge in [-0.05, 0) is 68.4 Å². The minimum atomic E-state index is 0.0175. The predicted molar refractivity (Wildman–Crippen MR) is 114 cm³/mol. The summed E-state index contributed by atoms with van der Waals surface area (Å²) in [5.74, 6) is 1.56. The number of nitrogens with one attached hydrogen (secondary N) is 1. The zero-order valence-corrected chi connectivity index (χ0v) is 18.0. The fourth-order valence-electron chi connectivity index (χ4n) is 4.82. The third-order valence-corrected chi connectivity index (χ3v) is 6.59. The number of para-hydroxylation sites is 1. The molecule has 28 heavy (non-hydrogen) atoms. The molecule has 1 unspecified atom stereocenters. The Morgan fingerprint density at radius 3 is 2.39 bits per heavy atom. The van der Waals surface area contributed by atoms with Crippen LogP contribution in [-0.4, -0.2) is 29.8 Å². The number of likely N-dealkylation sites (tertiary alicyclic amines) is 1. The van der Waals surface area contributed by atoms with Crippen LogP contribution in [0.1, 0.15) is 76.3 Å². The fourth-order valence-corrected chi connectivity index (χ4v) is 4.82. The van der Waals surface area contributed by atoms with Gasteiger partial charge in [0.2, 0.25) is 11.8 Å². The maximum atomic E-state index is 12.9. The summed E-state index contributed by atoms with van der Waals surface area (Å²) < 4.78 is 0. The van der Waals surface area contributed by atoms with Gasteiger partial charge in [-0.3, -0.25) is 9.59 Å². The number of nitrogens with zero attached hydrogens (tertiary/aromatic N) is 1. The van der Waals surface area contributed by atoms with Crippen molar-refractivity contribution in [3.8, 4) is 0 Å². The number of hydrogen-bond acceptors (Lipinski definition) is 2. The zero-order valence-electron chi connectivity index (χ0n) is 18.0. The Morgan fingerprint density at radius 1 is 1.07 bits per heavy atom. The monoisotopic (exact) mass is 384 g/mol. The van der Waals surface area contributed by atoms with Crippen LogP contribution < -0.4 is 5.32 Å². The Kier molecular flexibility index (Phi) is 6.79. The topological polar surface area (TPSA) is 49.4 Å². The number of rotatable bonds is 4. The Balaban J connectivity index is 1.57. The average Bonchev–Trinajstić information content (AvgIpc) is 2.68. The van der Waals surface area contributed by atoms with Crippen molar-refractivity contribution in [1.29, 1.82) is 0 Å². The molecule has 0 spiro atoms. The van der Waals surface area contributed by atoms with E-state index >= 15 is 0 Å². The van der Waals surface area contributed by atoms with Gasteiger partial charge in [-0.1, -0.05) is 39.0 Å². The molecule has 1 atom stereocenters. The molecule has 1 aliphatic heterocycles. The minimum Gasteiger partial charge on any atom is -0.342 e. The number of amides is 2. The zero-order chi connectivity index (χ0) is 20.3. The molecule has 1 aliphatic carbocycles. The summed E-state index contributed by atoms with van der Waals surface area (Å²) in [7, 11) is 0. The lowest BCUT2D eigenvalue weighted by Gasteiger charge is -2.35. The minimum absolute atomic E-state index is 0.0175. The first-order valence-electron chi connectivity index (χ1n) is 11.1. The summed E-state index contributed by atoms with van der Waals surface area (Å²) in [4.78, 5) is 27.8. The lowest BCUT2D eigenvalue weighted by atomic mass is 9.80. The SMILES string of the molecule is Cc1cccc(C(C)C)c1NC(=O)C1CCC(C(=O)N2CCCC(C)C2)CC1. The number of carbonyl (C=O) groups is 2. The molecule has 1 N–H and O–H groups in total. The van der Waals surface area contributed by atoms with Crippen LogP contribution in [-0.2, 0) is 9.59 Å². The normalized spacial score (nSPS) is 25.6. The molecule has 0 radical (unpaired) electrons. The molecule has 2 fully saturated rings. The van der Waals surface area contributed by atoms with E-state index in [9.17, 15) is 9.59 Å². The van der Waals surface area contributed by atoms with Crippen molar-refractivity contribution in [3.05, 3.63) is 29.3 Å². The number of hydrogen-bond donors (Lipinski definition) is 1. The van der Waals surface area contributed by atoms with Crippen molar-refractivity contribution < 1.29 is 9.59 Å². The first-order chi connectivity index (χ1) is 13.4. The maximum Gasteiger partial charge on any atom is 0.227 e. The number of benzene rings is 1. The largest absolute Gasteiger partial charge is 0.342 e. The molecule has 1 saturated carbocycles. The summed E-state index contributed by atoms with van der Waals surface area (Å²) in [5, 5.41) is 3.21. The molecular weight excluding hydrogens is 348 g/mol. The van der Waals surface area contributed by atoms with Gasteiger partial charge < -0.3 is 10.2 Å². The van der Waals surface area contributed by atoms with Gasteiger partial charge >= 0.3 is 0 Å². The lowest BCUT2D eigenvalue weighted by molar-refractivity contribution is -0.139. The molecule has 4 nitrogen and oxygen atoms in total. The maximum absolute atomic E-state index is 12.9. The molecule has 1 aromatic rings. The third kappa shape index (κ3) is 4.76. The first kappa shape index (κ1) is 20.9.